The third kappa shape index (κ3) is 4.65. The van der Waals surface area contributed by atoms with Gasteiger partial charge in [0.25, 0.3) is 0 Å². The van der Waals surface area contributed by atoms with Crippen LogP contribution in [0, 0.1) is 19.8 Å². The number of aromatic nitrogens is 3. The van der Waals surface area contributed by atoms with E-state index in [0.29, 0.717) is 10.0 Å². The predicted octanol–water partition coefficient (Wildman–Crippen LogP) is 6.95. The summed E-state index contributed by atoms with van der Waals surface area (Å²) in [5.74, 6) is 2.36. The van der Waals surface area contributed by atoms with Crippen LogP contribution in [0.5, 0.6) is 0 Å². The molecule has 0 N–H and O–H groups in total. The average molecular weight is 443 g/mol. The van der Waals surface area contributed by atoms with Crippen LogP contribution in [0.2, 0.25) is 10.0 Å². The van der Waals surface area contributed by atoms with E-state index in [-0.39, 0.29) is 6.04 Å². The summed E-state index contributed by atoms with van der Waals surface area (Å²) >= 11 is 12.5. The Morgan fingerprint density at radius 3 is 2.47 bits per heavy atom. The molecule has 6 heteroatoms. The van der Waals surface area contributed by atoms with Gasteiger partial charge in [0.1, 0.15) is 5.82 Å². The summed E-state index contributed by atoms with van der Waals surface area (Å²) in [6.45, 7) is 7.21. The van der Waals surface area contributed by atoms with Gasteiger partial charge in [0.2, 0.25) is 5.95 Å². The largest absolute Gasteiger partial charge is 0.332 e. The quantitative estimate of drug-likeness (QED) is 0.378. The van der Waals surface area contributed by atoms with Gasteiger partial charge in [0.15, 0.2) is 0 Å². The number of anilines is 1. The first-order valence-electron chi connectivity index (χ1n) is 10.7. The minimum Gasteiger partial charge on any atom is -0.332 e. The van der Waals surface area contributed by atoms with Crippen LogP contribution in [0.25, 0.3) is 5.69 Å². The summed E-state index contributed by atoms with van der Waals surface area (Å²) in [5, 5.41) is 6.06. The Hall–Kier alpha value is -2.04. The van der Waals surface area contributed by atoms with Gasteiger partial charge in [0.05, 0.1) is 16.8 Å². The fourth-order valence-electron chi connectivity index (χ4n) is 3.92. The zero-order valence-corrected chi connectivity index (χ0v) is 19.3. The lowest BCUT2D eigenvalue weighted by Gasteiger charge is -2.31. The molecular formula is C24H28Cl2N4. The van der Waals surface area contributed by atoms with Gasteiger partial charge in [-0.3, -0.25) is 0 Å². The highest BCUT2D eigenvalue weighted by atomic mass is 35.5. The molecule has 30 heavy (non-hydrogen) atoms. The van der Waals surface area contributed by atoms with Crippen molar-refractivity contribution in [3.05, 3.63) is 69.5 Å². The highest BCUT2D eigenvalue weighted by Gasteiger charge is 2.31. The Kier molecular flexibility index (Phi) is 6.35. The molecule has 0 radical (unpaired) electrons. The zero-order chi connectivity index (χ0) is 21.3. The van der Waals surface area contributed by atoms with E-state index in [9.17, 15) is 0 Å². The maximum absolute atomic E-state index is 6.45. The van der Waals surface area contributed by atoms with Crippen LogP contribution in [0.3, 0.4) is 0 Å². The van der Waals surface area contributed by atoms with Crippen molar-refractivity contribution in [2.24, 2.45) is 5.92 Å². The number of rotatable bonds is 8. The second-order valence-electron chi connectivity index (χ2n) is 8.27. The van der Waals surface area contributed by atoms with Crippen LogP contribution in [0.1, 0.15) is 55.6 Å². The van der Waals surface area contributed by atoms with Crippen molar-refractivity contribution in [2.45, 2.75) is 52.5 Å². The molecule has 1 aliphatic carbocycles. The first-order valence-corrected chi connectivity index (χ1v) is 11.4. The van der Waals surface area contributed by atoms with Gasteiger partial charge in [0, 0.05) is 11.6 Å². The normalized spacial score (nSPS) is 14.7. The first-order chi connectivity index (χ1) is 14.5. The molecule has 1 unspecified atom stereocenters. The van der Waals surface area contributed by atoms with Crippen molar-refractivity contribution < 1.29 is 0 Å². The molecule has 0 bridgehead atoms. The number of nitrogens with zero attached hydrogens (tertiary/aromatic N) is 4. The SMILES string of the molecule is CCCN(c1nc(C)n(-c2ccc(Cl)cc2Cl)n1)C(CC1CC1)c1ccc(C)cc1. The third-order valence-corrected chi connectivity index (χ3v) is 6.25. The fourth-order valence-corrected chi connectivity index (χ4v) is 4.40. The van der Waals surface area contributed by atoms with Crippen molar-refractivity contribution in [1.29, 1.82) is 0 Å². The Morgan fingerprint density at radius 2 is 1.83 bits per heavy atom. The van der Waals surface area contributed by atoms with E-state index in [4.69, 9.17) is 33.3 Å². The summed E-state index contributed by atoms with van der Waals surface area (Å²) in [4.78, 5) is 7.22. The topological polar surface area (TPSA) is 34.0 Å². The summed E-state index contributed by atoms with van der Waals surface area (Å²) < 4.78 is 1.82. The van der Waals surface area contributed by atoms with Crippen molar-refractivity contribution in [2.75, 3.05) is 11.4 Å². The molecule has 0 amide bonds. The van der Waals surface area contributed by atoms with Crippen LogP contribution in [0.15, 0.2) is 42.5 Å². The predicted molar refractivity (Wildman–Crippen MR) is 125 cm³/mol. The monoisotopic (exact) mass is 442 g/mol. The third-order valence-electron chi connectivity index (χ3n) is 5.71. The number of hydrogen-bond acceptors (Lipinski definition) is 3. The highest BCUT2D eigenvalue weighted by Crippen LogP contribution is 2.41. The van der Waals surface area contributed by atoms with E-state index in [1.165, 1.54) is 24.0 Å². The van der Waals surface area contributed by atoms with Crippen LogP contribution in [0.4, 0.5) is 5.95 Å². The number of halogens is 2. The molecular weight excluding hydrogens is 415 g/mol. The van der Waals surface area contributed by atoms with Crippen molar-refractivity contribution >= 4 is 29.2 Å². The van der Waals surface area contributed by atoms with Crippen molar-refractivity contribution in [3.63, 3.8) is 0 Å². The molecule has 1 aliphatic rings. The molecule has 1 saturated carbocycles. The lowest BCUT2D eigenvalue weighted by atomic mass is 9.98. The van der Waals surface area contributed by atoms with E-state index in [1.807, 2.05) is 23.7 Å². The second-order valence-corrected chi connectivity index (χ2v) is 9.11. The lowest BCUT2D eigenvalue weighted by Crippen LogP contribution is -2.31. The van der Waals surface area contributed by atoms with E-state index in [2.05, 4.69) is 43.0 Å². The maximum atomic E-state index is 6.45. The van der Waals surface area contributed by atoms with Crippen molar-refractivity contribution in [1.82, 2.24) is 14.8 Å². The molecule has 1 fully saturated rings. The average Bonchev–Trinajstić information content (AvgIpc) is 3.46. The summed E-state index contributed by atoms with van der Waals surface area (Å²) in [6, 6.07) is 14.6. The molecule has 2 aromatic carbocycles. The minimum absolute atomic E-state index is 0.272. The van der Waals surface area contributed by atoms with Crippen molar-refractivity contribution in [3.8, 4) is 5.69 Å². The van der Waals surface area contributed by atoms with Crippen LogP contribution < -0.4 is 4.90 Å². The second kappa shape index (κ2) is 8.99. The molecule has 4 nitrogen and oxygen atoms in total. The molecule has 3 aromatic rings. The molecule has 0 aliphatic heterocycles. The summed E-state index contributed by atoms with van der Waals surface area (Å²) in [7, 11) is 0. The number of aryl methyl sites for hydroxylation is 2. The van der Waals surface area contributed by atoms with Crippen LogP contribution in [-0.2, 0) is 0 Å². The first kappa shape index (κ1) is 21.2. The van der Waals surface area contributed by atoms with Gasteiger partial charge >= 0.3 is 0 Å². The summed E-state index contributed by atoms with van der Waals surface area (Å²) in [5.41, 5.74) is 3.41. The van der Waals surface area contributed by atoms with Gasteiger partial charge in [-0.15, -0.1) is 5.10 Å². The Balaban J connectivity index is 1.73. The molecule has 1 atom stereocenters. The van der Waals surface area contributed by atoms with E-state index in [0.717, 1.165) is 42.8 Å². The van der Waals surface area contributed by atoms with Gasteiger partial charge in [-0.2, -0.15) is 4.98 Å². The number of benzene rings is 2. The fraction of sp³-hybridized carbons (Fsp3) is 0.417. The molecule has 1 aromatic heterocycles. The van der Waals surface area contributed by atoms with Crippen LogP contribution in [-0.4, -0.2) is 21.3 Å². The standard InChI is InChI=1S/C24H28Cl2N4/c1-4-13-29(23(14-18-7-8-18)19-9-5-16(2)6-10-19)24-27-17(3)30(28-24)22-12-11-20(25)15-21(22)26/h5-6,9-12,15,18,23H,4,7-8,13-14H2,1-3H3. The van der Waals surface area contributed by atoms with Gasteiger partial charge in [-0.1, -0.05) is 72.8 Å². The number of hydrogen-bond donors (Lipinski definition) is 0. The van der Waals surface area contributed by atoms with Gasteiger partial charge < -0.3 is 4.90 Å². The Labute approximate surface area is 188 Å². The zero-order valence-electron chi connectivity index (χ0n) is 17.8. The minimum atomic E-state index is 0.272. The van der Waals surface area contributed by atoms with Gasteiger partial charge in [-0.05, 0) is 56.4 Å². The molecule has 0 saturated heterocycles. The van der Waals surface area contributed by atoms with Gasteiger partial charge in [-0.25, -0.2) is 4.68 Å². The maximum Gasteiger partial charge on any atom is 0.245 e. The van der Waals surface area contributed by atoms with E-state index in [1.54, 1.807) is 6.07 Å². The van der Waals surface area contributed by atoms with E-state index >= 15 is 0 Å². The molecule has 158 valence electrons. The molecule has 0 spiro atoms. The highest BCUT2D eigenvalue weighted by molar-refractivity contribution is 6.35. The smallest absolute Gasteiger partial charge is 0.245 e. The van der Waals surface area contributed by atoms with E-state index < -0.39 is 0 Å². The summed E-state index contributed by atoms with van der Waals surface area (Å²) in [6.07, 6.45) is 4.81. The van der Waals surface area contributed by atoms with Crippen LogP contribution >= 0.6 is 23.2 Å². The molecule has 1 heterocycles. The lowest BCUT2D eigenvalue weighted by molar-refractivity contribution is 0.527. The Bertz CT molecular complexity index is 1010. The Morgan fingerprint density at radius 1 is 1.10 bits per heavy atom. The molecule has 4 rings (SSSR count).